The molecule has 0 radical (unpaired) electrons. The van der Waals surface area contributed by atoms with Gasteiger partial charge in [-0.1, -0.05) is 18.2 Å². The maximum absolute atomic E-state index is 12.5. The van der Waals surface area contributed by atoms with E-state index in [1.165, 1.54) is 12.7 Å². The highest BCUT2D eigenvalue weighted by atomic mass is 32.1. The van der Waals surface area contributed by atoms with Crippen molar-refractivity contribution in [3.8, 4) is 0 Å². The SMILES string of the molecule is COC(=O)C1CN(C(=O)CCc2ccsc2)c2ccccc21. The highest BCUT2D eigenvalue weighted by Gasteiger charge is 2.36. The van der Waals surface area contributed by atoms with Gasteiger partial charge in [0.15, 0.2) is 0 Å². The van der Waals surface area contributed by atoms with Gasteiger partial charge in [0.05, 0.1) is 7.11 Å². The van der Waals surface area contributed by atoms with E-state index >= 15 is 0 Å². The summed E-state index contributed by atoms with van der Waals surface area (Å²) in [6.07, 6.45) is 1.17. The van der Waals surface area contributed by atoms with E-state index in [4.69, 9.17) is 4.74 Å². The zero-order valence-corrected chi connectivity index (χ0v) is 13.1. The number of esters is 1. The van der Waals surface area contributed by atoms with Gasteiger partial charge in [-0.05, 0) is 40.4 Å². The molecule has 1 unspecified atom stereocenters. The fraction of sp³-hybridized carbons (Fsp3) is 0.294. The number of fused-ring (bicyclic) bond motifs is 1. The second-order valence-electron chi connectivity index (χ2n) is 5.27. The number of amides is 1. The Hall–Kier alpha value is -2.14. The minimum Gasteiger partial charge on any atom is -0.468 e. The molecule has 0 saturated heterocycles. The smallest absolute Gasteiger partial charge is 0.315 e. The van der Waals surface area contributed by atoms with Crippen molar-refractivity contribution in [2.75, 3.05) is 18.6 Å². The molecule has 2 heterocycles. The van der Waals surface area contributed by atoms with Gasteiger partial charge in [-0.2, -0.15) is 11.3 Å². The fourth-order valence-electron chi connectivity index (χ4n) is 2.81. The summed E-state index contributed by atoms with van der Waals surface area (Å²) in [7, 11) is 1.38. The van der Waals surface area contributed by atoms with Gasteiger partial charge in [0, 0.05) is 18.7 Å². The van der Waals surface area contributed by atoms with Crippen molar-refractivity contribution < 1.29 is 14.3 Å². The lowest BCUT2D eigenvalue weighted by Gasteiger charge is -2.17. The Morgan fingerprint density at radius 1 is 1.32 bits per heavy atom. The Balaban J connectivity index is 1.77. The number of carbonyl (C=O) groups excluding carboxylic acids is 2. The molecule has 0 fully saturated rings. The van der Waals surface area contributed by atoms with Crippen LogP contribution in [0, 0.1) is 0 Å². The van der Waals surface area contributed by atoms with E-state index in [1.54, 1.807) is 16.2 Å². The van der Waals surface area contributed by atoms with Crippen LogP contribution in [0.15, 0.2) is 41.1 Å². The Morgan fingerprint density at radius 3 is 2.86 bits per heavy atom. The molecule has 2 aromatic rings. The molecular weight excluding hydrogens is 298 g/mol. The third-order valence-corrected chi connectivity index (χ3v) is 4.69. The van der Waals surface area contributed by atoms with E-state index in [-0.39, 0.29) is 17.8 Å². The topological polar surface area (TPSA) is 46.6 Å². The summed E-state index contributed by atoms with van der Waals surface area (Å²) in [4.78, 5) is 26.2. The minimum absolute atomic E-state index is 0.0463. The molecule has 0 aliphatic carbocycles. The third-order valence-electron chi connectivity index (χ3n) is 3.96. The molecule has 1 amide bonds. The molecule has 1 aromatic carbocycles. The summed E-state index contributed by atoms with van der Waals surface area (Å²) < 4.78 is 4.86. The van der Waals surface area contributed by atoms with Crippen molar-refractivity contribution in [2.24, 2.45) is 0 Å². The highest BCUT2D eigenvalue weighted by molar-refractivity contribution is 7.07. The number of hydrogen-bond donors (Lipinski definition) is 0. The number of aryl methyl sites for hydroxylation is 1. The van der Waals surface area contributed by atoms with Crippen molar-refractivity contribution in [3.63, 3.8) is 0 Å². The van der Waals surface area contributed by atoms with Gasteiger partial charge in [0.2, 0.25) is 5.91 Å². The predicted molar refractivity (Wildman–Crippen MR) is 86.2 cm³/mol. The summed E-state index contributed by atoms with van der Waals surface area (Å²) in [6, 6.07) is 9.59. The highest BCUT2D eigenvalue weighted by Crippen LogP contribution is 2.37. The summed E-state index contributed by atoms with van der Waals surface area (Å²) in [5, 5.41) is 4.07. The van der Waals surface area contributed by atoms with Crippen molar-refractivity contribution in [2.45, 2.75) is 18.8 Å². The number of rotatable bonds is 4. The molecule has 1 aromatic heterocycles. The number of methoxy groups -OCH3 is 1. The van der Waals surface area contributed by atoms with Crippen LogP contribution >= 0.6 is 11.3 Å². The second-order valence-corrected chi connectivity index (χ2v) is 6.05. The van der Waals surface area contributed by atoms with Gasteiger partial charge in [0.1, 0.15) is 5.92 Å². The molecule has 0 saturated carbocycles. The van der Waals surface area contributed by atoms with E-state index in [0.717, 1.165) is 17.7 Å². The lowest BCUT2D eigenvalue weighted by atomic mass is 10.0. The first kappa shape index (κ1) is 14.8. The molecule has 5 heteroatoms. The molecular formula is C17H17NO3S. The van der Waals surface area contributed by atoms with E-state index in [9.17, 15) is 9.59 Å². The zero-order chi connectivity index (χ0) is 15.5. The number of hydrogen-bond acceptors (Lipinski definition) is 4. The standard InChI is InChI=1S/C17H17NO3S/c1-21-17(20)14-10-18(15-5-3-2-4-13(14)15)16(19)7-6-12-8-9-22-11-12/h2-5,8-9,11,14H,6-7,10H2,1H3. The van der Waals surface area contributed by atoms with Gasteiger partial charge >= 0.3 is 5.97 Å². The van der Waals surface area contributed by atoms with Gasteiger partial charge in [0.25, 0.3) is 0 Å². The summed E-state index contributed by atoms with van der Waals surface area (Å²) in [6.45, 7) is 0.370. The van der Waals surface area contributed by atoms with Crippen LogP contribution in [-0.2, 0) is 20.7 Å². The largest absolute Gasteiger partial charge is 0.468 e. The van der Waals surface area contributed by atoms with Gasteiger partial charge in [-0.15, -0.1) is 0 Å². The van der Waals surface area contributed by atoms with E-state index < -0.39 is 0 Å². The molecule has 1 atom stereocenters. The van der Waals surface area contributed by atoms with Crippen molar-refractivity contribution in [3.05, 3.63) is 52.2 Å². The number of thiophene rings is 1. The Labute approximate surface area is 133 Å². The summed E-state index contributed by atoms with van der Waals surface area (Å²) in [5.41, 5.74) is 2.88. The van der Waals surface area contributed by atoms with Crippen molar-refractivity contribution >= 4 is 28.9 Å². The quantitative estimate of drug-likeness (QED) is 0.815. The van der Waals surface area contributed by atoms with Gasteiger partial charge in [-0.3, -0.25) is 9.59 Å². The average Bonchev–Trinajstić information content (AvgIpc) is 3.19. The lowest BCUT2D eigenvalue weighted by molar-refractivity contribution is -0.142. The van der Waals surface area contributed by atoms with Crippen LogP contribution in [0.5, 0.6) is 0 Å². The van der Waals surface area contributed by atoms with E-state index in [2.05, 4.69) is 5.38 Å². The second kappa shape index (κ2) is 6.32. The molecule has 1 aliphatic rings. The first-order valence-corrected chi connectivity index (χ1v) is 8.13. The van der Waals surface area contributed by atoms with Gasteiger partial charge in [-0.25, -0.2) is 0 Å². The number of nitrogens with zero attached hydrogens (tertiary/aromatic N) is 1. The van der Waals surface area contributed by atoms with E-state index in [1.807, 2.05) is 35.7 Å². The van der Waals surface area contributed by atoms with Crippen molar-refractivity contribution in [1.82, 2.24) is 0 Å². The van der Waals surface area contributed by atoms with Crippen LogP contribution in [0.2, 0.25) is 0 Å². The molecule has 114 valence electrons. The summed E-state index contributed by atoms with van der Waals surface area (Å²) >= 11 is 1.63. The number of ether oxygens (including phenoxy) is 1. The Bertz CT molecular complexity index is 681. The third kappa shape index (κ3) is 2.76. The number of para-hydroxylation sites is 1. The fourth-order valence-corrected chi connectivity index (χ4v) is 3.51. The molecule has 4 nitrogen and oxygen atoms in total. The van der Waals surface area contributed by atoms with Gasteiger partial charge < -0.3 is 9.64 Å². The molecule has 3 rings (SSSR count). The monoisotopic (exact) mass is 315 g/mol. The minimum atomic E-state index is -0.383. The van der Waals surface area contributed by atoms with Crippen LogP contribution in [0.1, 0.15) is 23.5 Å². The molecule has 0 N–H and O–H groups in total. The van der Waals surface area contributed by atoms with Crippen LogP contribution < -0.4 is 4.90 Å². The Morgan fingerprint density at radius 2 is 2.14 bits per heavy atom. The number of benzene rings is 1. The lowest BCUT2D eigenvalue weighted by Crippen LogP contribution is -2.31. The molecule has 0 bridgehead atoms. The number of carbonyl (C=O) groups is 2. The van der Waals surface area contributed by atoms with Crippen LogP contribution in [0.3, 0.4) is 0 Å². The predicted octanol–water partition coefficient (Wildman–Crippen LogP) is 2.98. The Kier molecular flexibility index (Phi) is 4.24. The summed E-state index contributed by atoms with van der Waals surface area (Å²) in [5.74, 6) is -0.628. The molecule has 1 aliphatic heterocycles. The molecule has 0 spiro atoms. The number of anilines is 1. The zero-order valence-electron chi connectivity index (χ0n) is 12.3. The average molecular weight is 315 g/mol. The van der Waals surface area contributed by atoms with E-state index in [0.29, 0.717) is 13.0 Å². The first-order valence-electron chi connectivity index (χ1n) is 7.19. The normalized spacial score (nSPS) is 16.4. The van der Waals surface area contributed by atoms with Crippen LogP contribution in [0.25, 0.3) is 0 Å². The molecule has 22 heavy (non-hydrogen) atoms. The first-order chi connectivity index (χ1) is 10.7. The van der Waals surface area contributed by atoms with Crippen LogP contribution in [-0.4, -0.2) is 25.5 Å². The maximum atomic E-state index is 12.5. The maximum Gasteiger partial charge on any atom is 0.315 e. The van der Waals surface area contributed by atoms with Crippen LogP contribution in [0.4, 0.5) is 5.69 Å². The van der Waals surface area contributed by atoms with Crippen molar-refractivity contribution in [1.29, 1.82) is 0 Å².